The summed E-state index contributed by atoms with van der Waals surface area (Å²) in [4.78, 5) is 46.2. The molecule has 4 aliphatic heterocycles. The van der Waals surface area contributed by atoms with E-state index in [0.29, 0.717) is 37.3 Å². The zero-order valence-electron chi connectivity index (χ0n) is 20.4. The van der Waals surface area contributed by atoms with Crippen molar-refractivity contribution in [1.82, 2.24) is 10.2 Å². The molecule has 0 bridgehead atoms. The maximum Gasteiger partial charge on any atom is 0.241 e. The largest absolute Gasteiger partial charge is 0.355 e. The Bertz CT molecular complexity index is 1110. The number of nitrogens with one attached hydrogen (secondary N) is 3. The predicted octanol–water partition coefficient (Wildman–Crippen LogP) is 2.44. The van der Waals surface area contributed by atoms with Crippen LogP contribution in [0.3, 0.4) is 0 Å². The third kappa shape index (κ3) is 5.39. The second kappa shape index (κ2) is 10.6. The lowest BCUT2D eigenvalue weighted by Gasteiger charge is -2.23. The molecule has 0 aliphatic carbocycles. The van der Waals surface area contributed by atoms with Crippen LogP contribution in [0.5, 0.6) is 0 Å². The first-order valence-corrected chi connectivity index (χ1v) is 13.5. The molecule has 0 radical (unpaired) electrons. The number of hydrogen-bond donors (Lipinski definition) is 3. The predicted molar refractivity (Wildman–Crippen MR) is 143 cm³/mol. The molecule has 5 rings (SSSR count). The third-order valence-electron chi connectivity index (χ3n) is 7.26. The first-order chi connectivity index (χ1) is 17.4. The van der Waals surface area contributed by atoms with Gasteiger partial charge >= 0.3 is 0 Å². The Morgan fingerprint density at radius 3 is 2.72 bits per heavy atom. The van der Waals surface area contributed by atoms with Gasteiger partial charge in [0.25, 0.3) is 0 Å². The fraction of sp³-hybridized carbons (Fsp3) is 0.500. The topological polar surface area (TPSA) is 118 Å². The molecule has 2 fully saturated rings. The van der Waals surface area contributed by atoms with Crippen LogP contribution in [0.2, 0.25) is 0 Å². The average molecular weight is 509 g/mol. The van der Waals surface area contributed by atoms with E-state index in [1.165, 1.54) is 11.8 Å². The van der Waals surface area contributed by atoms with E-state index in [1.807, 2.05) is 37.3 Å². The number of thioether (sulfide) groups is 1. The van der Waals surface area contributed by atoms with Gasteiger partial charge in [0, 0.05) is 49.4 Å². The maximum atomic E-state index is 12.7. The maximum absolute atomic E-state index is 12.7. The van der Waals surface area contributed by atoms with Gasteiger partial charge in [0.05, 0.1) is 11.8 Å². The van der Waals surface area contributed by atoms with Crippen LogP contribution in [-0.4, -0.2) is 77.4 Å². The molecule has 4 heterocycles. The lowest BCUT2D eigenvalue weighted by atomic mass is 10.1. The summed E-state index contributed by atoms with van der Waals surface area (Å²) in [6, 6.07) is 7.22. The summed E-state index contributed by atoms with van der Waals surface area (Å²) >= 11 is 1.49. The molecule has 0 aromatic heterocycles. The van der Waals surface area contributed by atoms with E-state index in [2.05, 4.69) is 20.5 Å². The van der Waals surface area contributed by atoms with E-state index in [1.54, 1.807) is 11.1 Å². The highest BCUT2D eigenvalue weighted by Crippen LogP contribution is 2.37. The standard InChI is InChI=1S/C26H32N6O3S/c1-16(31-8-2-3-9-31)24(34)30-20-4-6-21(7-5-20)32-15-17(10-23(32)33)13-28-25(35)22-12-18-11-19(27)14-29-26(18)36-22/h4-7,12,14,16-17,22,26-27H,2-3,8-11,13,15H2,1H3,(H,28,35)(H,30,34). The molecular weight excluding hydrogens is 476 g/mol. The van der Waals surface area contributed by atoms with Crippen LogP contribution in [0.25, 0.3) is 0 Å². The van der Waals surface area contributed by atoms with Crippen LogP contribution in [0.4, 0.5) is 11.4 Å². The monoisotopic (exact) mass is 508 g/mol. The SMILES string of the molecule is CC(C(=O)Nc1ccc(N2CC(CNC(=O)C3C=C4CC(=N)C=NC4S3)CC2=O)cc1)N1CCCC1. The van der Waals surface area contributed by atoms with Crippen molar-refractivity contribution in [2.24, 2.45) is 10.9 Å². The van der Waals surface area contributed by atoms with Crippen LogP contribution in [-0.2, 0) is 14.4 Å². The van der Waals surface area contributed by atoms with Crippen molar-refractivity contribution >= 4 is 52.8 Å². The summed E-state index contributed by atoms with van der Waals surface area (Å²) in [5, 5.41) is 13.4. The summed E-state index contributed by atoms with van der Waals surface area (Å²) in [7, 11) is 0. The van der Waals surface area contributed by atoms with Gasteiger partial charge in [-0.1, -0.05) is 6.08 Å². The van der Waals surface area contributed by atoms with E-state index >= 15 is 0 Å². The Labute approximate surface area is 215 Å². The second-order valence-electron chi connectivity index (χ2n) is 9.91. The Hall–Kier alpha value is -2.98. The van der Waals surface area contributed by atoms with Crippen molar-refractivity contribution in [3.8, 4) is 0 Å². The number of likely N-dealkylation sites (tertiary alicyclic amines) is 1. The summed E-state index contributed by atoms with van der Waals surface area (Å²) in [5.41, 5.74) is 3.00. The molecule has 36 heavy (non-hydrogen) atoms. The number of carbonyl (C=O) groups is 3. The Kier molecular flexibility index (Phi) is 7.25. The van der Waals surface area contributed by atoms with Crippen molar-refractivity contribution in [3.05, 3.63) is 35.9 Å². The van der Waals surface area contributed by atoms with Gasteiger partial charge in [-0.2, -0.15) is 0 Å². The van der Waals surface area contributed by atoms with Gasteiger partial charge in [-0.15, -0.1) is 11.8 Å². The zero-order chi connectivity index (χ0) is 25.2. The molecule has 3 amide bonds. The van der Waals surface area contributed by atoms with E-state index in [9.17, 15) is 14.4 Å². The number of benzene rings is 1. The number of fused-ring (bicyclic) bond motifs is 1. The van der Waals surface area contributed by atoms with Gasteiger partial charge in [0.1, 0.15) is 10.6 Å². The number of hydrogen-bond acceptors (Lipinski definition) is 7. The number of amides is 3. The highest BCUT2D eigenvalue weighted by molar-refractivity contribution is 8.01. The minimum Gasteiger partial charge on any atom is -0.355 e. The smallest absolute Gasteiger partial charge is 0.241 e. The van der Waals surface area contributed by atoms with Crippen molar-refractivity contribution in [2.45, 2.75) is 49.3 Å². The van der Waals surface area contributed by atoms with Crippen molar-refractivity contribution in [3.63, 3.8) is 0 Å². The van der Waals surface area contributed by atoms with Gasteiger partial charge in [0.15, 0.2) is 0 Å². The van der Waals surface area contributed by atoms with Gasteiger partial charge < -0.3 is 20.9 Å². The fourth-order valence-corrected chi connectivity index (χ4v) is 6.37. The molecule has 190 valence electrons. The van der Waals surface area contributed by atoms with Crippen molar-refractivity contribution in [2.75, 3.05) is 36.4 Å². The van der Waals surface area contributed by atoms with E-state index < -0.39 is 0 Å². The molecule has 10 heteroatoms. The third-order valence-corrected chi connectivity index (χ3v) is 8.59. The molecule has 4 aliphatic rings. The first kappa shape index (κ1) is 24.7. The van der Waals surface area contributed by atoms with Gasteiger partial charge in [-0.25, -0.2) is 0 Å². The Balaban J connectivity index is 1.11. The van der Waals surface area contributed by atoms with Crippen LogP contribution in [0.15, 0.2) is 40.9 Å². The molecule has 4 unspecified atom stereocenters. The second-order valence-corrected chi connectivity index (χ2v) is 11.1. The zero-order valence-corrected chi connectivity index (χ0v) is 21.2. The summed E-state index contributed by atoms with van der Waals surface area (Å²) in [6.45, 7) is 4.84. The van der Waals surface area contributed by atoms with Crippen LogP contribution in [0, 0.1) is 11.3 Å². The lowest BCUT2D eigenvalue weighted by Crippen LogP contribution is -2.40. The number of rotatable bonds is 7. The summed E-state index contributed by atoms with van der Waals surface area (Å²) in [5.74, 6) is -0.0181. The van der Waals surface area contributed by atoms with Crippen LogP contribution in [0.1, 0.15) is 32.6 Å². The minimum atomic E-state index is -0.308. The molecule has 3 N–H and O–H groups in total. The lowest BCUT2D eigenvalue weighted by molar-refractivity contribution is -0.121. The average Bonchev–Trinajstić information content (AvgIpc) is 3.62. The van der Waals surface area contributed by atoms with Gasteiger partial charge in [-0.3, -0.25) is 24.3 Å². The number of anilines is 2. The summed E-state index contributed by atoms with van der Waals surface area (Å²) < 4.78 is 0. The number of aliphatic imine (C=N–C) groups is 1. The van der Waals surface area contributed by atoms with Gasteiger partial charge in [-0.05, 0) is 62.7 Å². The number of nitrogens with zero attached hydrogens (tertiary/aromatic N) is 3. The fourth-order valence-electron chi connectivity index (χ4n) is 5.16. The molecule has 9 nitrogen and oxygen atoms in total. The number of carbonyl (C=O) groups excluding carboxylic acids is 3. The highest BCUT2D eigenvalue weighted by Gasteiger charge is 2.35. The normalized spacial score (nSPS) is 26.6. The quantitative estimate of drug-likeness (QED) is 0.489. The van der Waals surface area contributed by atoms with Gasteiger partial charge in [0.2, 0.25) is 17.7 Å². The Morgan fingerprint density at radius 1 is 1.22 bits per heavy atom. The summed E-state index contributed by atoms with van der Waals surface area (Å²) in [6.07, 6.45) is 6.71. The molecule has 1 aromatic carbocycles. The molecule has 4 atom stereocenters. The van der Waals surface area contributed by atoms with Crippen molar-refractivity contribution in [1.29, 1.82) is 5.41 Å². The van der Waals surface area contributed by atoms with E-state index in [-0.39, 0.29) is 40.3 Å². The molecular formula is C26H32N6O3S. The minimum absolute atomic E-state index is 0.0157. The Morgan fingerprint density at radius 2 is 1.97 bits per heavy atom. The molecule has 0 spiro atoms. The molecule has 1 aromatic rings. The van der Waals surface area contributed by atoms with Crippen LogP contribution < -0.4 is 15.5 Å². The van der Waals surface area contributed by atoms with E-state index in [0.717, 1.165) is 37.2 Å². The first-order valence-electron chi connectivity index (χ1n) is 12.6. The highest BCUT2D eigenvalue weighted by atomic mass is 32.2. The van der Waals surface area contributed by atoms with E-state index in [4.69, 9.17) is 5.41 Å². The molecule has 0 saturated carbocycles. The molecule has 2 saturated heterocycles. The van der Waals surface area contributed by atoms with Crippen molar-refractivity contribution < 1.29 is 14.4 Å². The van der Waals surface area contributed by atoms with Crippen LogP contribution >= 0.6 is 11.8 Å².